The highest BCUT2D eigenvalue weighted by Gasteiger charge is 3.03. The van der Waals surface area contributed by atoms with Crippen molar-refractivity contribution in [2.45, 2.75) is 234 Å². The number of alkyl halides is 25. The lowest BCUT2D eigenvalue weighted by molar-refractivity contribution is -0.846. The molecule has 0 aliphatic rings. The van der Waals surface area contributed by atoms with Crippen molar-refractivity contribution in [2.24, 2.45) is 0 Å². The van der Waals surface area contributed by atoms with E-state index in [4.69, 9.17) is 0 Å². The third-order valence-corrected chi connectivity index (χ3v) is 13.0. The van der Waals surface area contributed by atoms with Crippen LogP contribution >= 0.6 is 0 Å². The second-order valence-electron chi connectivity index (χ2n) is 18.4. The van der Waals surface area contributed by atoms with Gasteiger partial charge in [-0.2, -0.15) is 74.6 Å². The highest BCUT2D eigenvalue weighted by Crippen LogP contribution is 2.73. The summed E-state index contributed by atoms with van der Waals surface area (Å²) in [6.07, 6.45) is -34.8. The molecule has 1 N–H and O–H groups in total. The van der Waals surface area contributed by atoms with Crippen LogP contribution in [0.25, 0.3) is 0 Å². The second kappa shape index (κ2) is 26.8. The first-order chi connectivity index (χ1) is 33.4. The van der Waals surface area contributed by atoms with Crippen LogP contribution in [0.3, 0.4) is 0 Å². The number of nitrogens with one attached hydrogen (secondary N) is 1. The van der Waals surface area contributed by atoms with E-state index < -0.39 is 172 Å². The fraction of sp³-hybridized carbons (Fsp3) is 0.867. The van der Waals surface area contributed by atoms with Gasteiger partial charge in [-0.15, -0.1) is 0 Å². The number of hydrogen-bond donors (Lipinski definition) is 1. The Balaban J connectivity index is 0.00000352. The number of hydrogen-bond acceptors (Lipinski definition) is 0. The number of unbranched alkanes of at least 4 members (excludes halogenated alkanes) is 12. The van der Waals surface area contributed by atoms with Crippen molar-refractivity contribution < 1.29 is 123 Å². The summed E-state index contributed by atoms with van der Waals surface area (Å²) in [4.78, 5) is 0.359. The van der Waals surface area contributed by atoms with Gasteiger partial charge in [-0.3, -0.25) is 4.90 Å². The van der Waals surface area contributed by atoms with E-state index in [2.05, 4.69) is 0 Å². The van der Waals surface area contributed by atoms with Crippen molar-refractivity contribution in [3.63, 3.8) is 0 Å². The van der Waals surface area contributed by atoms with Crippen LogP contribution in [0.15, 0.2) is 18.2 Å². The largest absolute Gasteiger partial charge is 0.339 e. The Hall–Kier alpha value is -2.65. The Morgan fingerprint density at radius 1 is 0.365 bits per heavy atom. The van der Waals surface area contributed by atoms with Gasteiger partial charge in [-0.05, 0) is 38.7 Å². The maximum Gasteiger partial charge on any atom is 0.339 e. The van der Waals surface area contributed by atoms with E-state index in [1.807, 2.05) is 0 Å². The van der Waals surface area contributed by atoms with Gasteiger partial charge in [-0.25, -0.2) is 43.9 Å². The van der Waals surface area contributed by atoms with Crippen LogP contribution in [0.2, 0.25) is 0 Å². The Morgan fingerprint density at radius 3 is 0.797 bits per heavy atom. The lowest BCUT2D eigenvalue weighted by Gasteiger charge is -2.63. The fourth-order valence-electron chi connectivity index (χ4n) is 8.29. The van der Waals surface area contributed by atoms with Gasteiger partial charge in [0.15, 0.2) is 11.5 Å². The normalized spacial score (nSPS) is 15.1. The van der Waals surface area contributed by atoms with Gasteiger partial charge >= 0.3 is 53.5 Å². The quantitative estimate of drug-likeness (QED) is 0.0299. The number of benzene rings is 1. The van der Waals surface area contributed by atoms with Crippen molar-refractivity contribution in [1.82, 2.24) is 0 Å². The number of quaternary nitrogens is 1. The van der Waals surface area contributed by atoms with E-state index in [0.29, 0.717) is 11.4 Å². The summed E-state index contributed by atoms with van der Waals surface area (Å²) < 4.78 is 417. The van der Waals surface area contributed by atoms with Crippen molar-refractivity contribution in [3.05, 3.63) is 29.8 Å². The Bertz CT molecular complexity index is 1600. The zero-order valence-corrected chi connectivity index (χ0v) is 41.1. The summed E-state index contributed by atoms with van der Waals surface area (Å²) in [5.74, 6) is -105. The molecule has 1 nitrogen and oxygen atoms in total. The molecule has 1 unspecified atom stereocenters. The minimum absolute atomic E-state index is 0.0414. The monoisotopic (exact) mass is 1140 g/mol. The average molecular weight is 1140 g/mol. The maximum atomic E-state index is 16.5. The number of rotatable bonds is 35. The van der Waals surface area contributed by atoms with Crippen LogP contribution < -0.4 is 4.90 Å². The van der Waals surface area contributed by atoms with Gasteiger partial charge in [0.1, 0.15) is 5.82 Å². The van der Waals surface area contributed by atoms with Gasteiger partial charge in [0.25, 0.3) is 0 Å². The van der Waals surface area contributed by atoms with E-state index in [0.717, 1.165) is 12.1 Å². The molecule has 0 heterocycles. The van der Waals surface area contributed by atoms with Crippen LogP contribution in [0.1, 0.15) is 163 Å². The molecule has 1 rings (SSSR count). The van der Waals surface area contributed by atoms with Gasteiger partial charge < -0.3 is 0 Å². The average Bonchev–Trinajstić information content (AvgIpc) is 3.27. The molecule has 0 saturated heterocycles. The van der Waals surface area contributed by atoms with Gasteiger partial charge in [0.2, 0.25) is 30.1 Å². The molecule has 0 spiro atoms. The molecule has 440 valence electrons. The summed E-state index contributed by atoms with van der Waals surface area (Å²) in [5.41, 5.74) is 0.173. The Morgan fingerprint density at radius 2 is 0.608 bits per heavy atom. The third kappa shape index (κ3) is 13.6. The van der Waals surface area contributed by atoms with E-state index >= 15 is 105 Å². The van der Waals surface area contributed by atoms with Gasteiger partial charge in [0.05, 0.1) is 6.54 Å². The maximum absolute atomic E-state index is 16.5. The second-order valence-corrected chi connectivity index (χ2v) is 18.4. The summed E-state index contributed by atoms with van der Waals surface area (Å²) in [7, 11) is 0. The SMILES string of the molecule is CCCCCCC(F)(F)C(F)(F)C(F)(F)[B-](C(F)(F)C(F)(F)C(F)(F)CCCCCC)(C(F)(F)C(F)(F)C(F)(F)CCCCCC)C(F)(F)C(F)(F)C(F)(F)CCCCCC.CC[NH+](CF)c1ccc(F)cc1F. The van der Waals surface area contributed by atoms with Crippen molar-refractivity contribution in [1.29, 1.82) is 0 Å². The molecule has 1 aromatic carbocycles. The summed E-state index contributed by atoms with van der Waals surface area (Å²) >= 11 is 0. The number of halogens is 27. The lowest BCUT2D eigenvalue weighted by Crippen LogP contribution is -3.06. The molecule has 0 aromatic heterocycles. The van der Waals surface area contributed by atoms with E-state index in [9.17, 15) is 13.2 Å². The highest BCUT2D eigenvalue weighted by molar-refractivity contribution is 6.89. The van der Waals surface area contributed by atoms with Gasteiger partial charge in [0, 0.05) is 37.8 Å². The molecule has 74 heavy (non-hydrogen) atoms. The van der Waals surface area contributed by atoms with E-state index in [-0.39, 0.29) is 57.1 Å². The Labute approximate surface area is 412 Å². The molecule has 29 heteroatoms. The standard InChI is InChI=1S/C36H52BF24.C9H10F3N/c1-5-9-13-17-21-25(38,39)29(46,47)33(54,55)37(34(56,57)30(48,49)26(40,41)22-18-14-10-6-2,35(58,59)31(50,51)27(42,43)23-19-15-11-7-3)36(60,61)32(52,53)28(44,45)24-20-16-12-8-4;1-2-13(6-10)9-4-3-7(11)5-8(9)12/h5-24H2,1-4H3;3-5H,2,6H2,1H3/q-1;/p+1. The summed E-state index contributed by atoms with van der Waals surface area (Å²) in [5, 5.41) is 0. The minimum atomic E-state index is -11.7. The molecule has 0 aliphatic carbocycles. The lowest BCUT2D eigenvalue weighted by atomic mass is 9.08. The zero-order chi connectivity index (χ0) is 58.5. The first-order valence-corrected chi connectivity index (χ1v) is 24.0. The molecular weight excluding hydrogens is 1080 g/mol. The minimum Gasteiger partial charge on any atom is -0.274 e. The van der Waals surface area contributed by atoms with E-state index in [1.165, 1.54) is 33.8 Å². The molecule has 0 aliphatic heterocycles. The van der Waals surface area contributed by atoms with Gasteiger partial charge in [-0.1, -0.05) is 105 Å². The molecule has 0 fully saturated rings. The molecular formula is C45H63BF27N. The van der Waals surface area contributed by atoms with Crippen molar-refractivity contribution >= 4 is 11.8 Å². The van der Waals surface area contributed by atoms with E-state index in [1.54, 1.807) is 6.92 Å². The summed E-state index contributed by atoms with van der Waals surface area (Å²) in [6, 6.07) is 3.16. The zero-order valence-electron chi connectivity index (χ0n) is 41.1. The van der Waals surface area contributed by atoms with Crippen LogP contribution in [-0.4, -0.2) is 90.2 Å². The molecule has 0 saturated carbocycles. The predicted octanol–water partition coefficient (Wildman–Crippen LogP) is 18.5. The first kappa shape index (κ1) is 71.4. The van der Waals surface area contributed by atoms with Crippen LogP contribution in [0, 0.1) is 11.6 Å². The van der Waals surface area contributed by atoms with Crippen LogP contribution in [-0.2, 0) is 0 Å². The topological polar surface area (TPSA) is 4.44 Å². The predicted molar refractivity (Wildman–Crippen MR) is 224 cm³/mol. The first-order valence-electron chi connectivity index (χ1n) is 24.0. The molecule has 0 radical (unpaired) electrons. The molecule has 1 atom stereocenters. The Kier molecular flexibility index (Phi) is 25.8. The van der Waals surface area contributed by atoms with Crippen molar-refractivity contribution in [3.8, 4) is 0 Å². The smallest absolute Gasteiger partial charge is 0.274 e. The molecule has 0 bridgehead atoms. The molecule has 0 amide bonds. The van der Waals surface area contributed by atoms with Crippen LogP contribution in [0.4, 0.5) is 124 Å². The third-order valence-electron chi connectivity index (χ3n) is 13.0. The highest BCUT2D eigenvalue weighted by atomic mass is 19.4. The van der Waals surface area contributed by atoms with Crippen molar-refractivity contribution in [2.75, 3.05) is 13.3 Å². The summed E-state index contributed by atoms with van der Waals surface area (Å²) in [6.45, 7) is 6.54. The molecule has 1 aromatic rings. The van der Waals surface area contributed by atoms with Crippen LogP contribution in [0.5, 0.6) is 0 Å². The fourth-order valence-corrected chi connectivity index (χ4v) is 8.29.